The molecule has 0 unspecified atom stereocenters. The zero-order chi connectivity index (χ0) is 9.59. The molecule has 3 heteroatoms. The van der Waals surface area contributed by atoms with E-state index in [4.69, 9.17) is 12.2 Å². The van der Waals surface area contributed by atoms with E-state index in [1.165, 1.54) is 27.3 Å². The monoisotopic (exact) mass is 209 g/mol. The highest BCUT2D eigenvalue weighted by atomic mass is 32.1. The lowest BCUT2D eigenvalue weighted by Gasteiger charge is -1.94. The summed E-state index contributed by atoms with van der Waals surface area (Å²) in [5, 5.41) is 3.96. The minimum Gasteiger partial charge on any atom is -0.308 e. The molecule has 1 nitrogen and oxygen atoms in total. The van der Waals surface area contributed by atoms with Crippen molar-refractivity contribution in [3.63, 3.8) is 0 Å². The molecule has 0 spiro atoms. The van der Waals surface area contributed by atoms with Crippen LogP contribution in [0.3, 0.4) is 0 Å². The summed E-state index contributed by atoms with van der Waals surface area (Å²) in [5.74, 6) is 0. The van der Waals surface area contributed by atoms with Gasteiger partial charge in [0.2, 0.25) is 0 Å². The van der Waals surface area contributed by atoms with Crippen LogP contribution in [0, 0.1) is 20.8 Å². The molecule has 0 aromatic carbocycles. The molecule has 13 heavy (non-hydrogen) atoms. The van der Waals surface area contributed by atoms with Crippen LogP contribution in [0.2, 0.25) is 0 Å². The van der Waals surface area contributed by atoms with Crippen LogP contribution in [0.5, 0.6) is 0 Å². The Labute approximate surface area is 87.0 Å². The largest absolute Gasteiger partial charge is 0.308 e. The quantitative estimate of drug-likeness (QED) is 0.652. The molecule has 2 heterocycles. The molecule has 0 aliphatic rings. The first-order chi connectivity index (χ1) is 6.16. The van der Waals surface area contributed by atoms with Gasteiger partial charge in [0.15, 0.2) is 0 Å². The second kappa shape index (κ2) is 2.93. The summed E-state index contributed by atoms with van der Waals surface area (Å²) in [6.07, 6.45) is 0. The number of aromatic nitrogens is 1. The van der Waals surface area contributed by atoms with E-state index in [1.54, 1.807) is 16.7 Å². The van der Waals surface area contributed by atoms with Gasteiger partial charge in [-0.05, 0) is 26.3 Å². The van der Waals surface area contributed by atoms with E-state index in [2.05, 4.69) is 30.6 Å². The fourth-order valence-corrected chi connectivity index (χ4v) is 3.15. The lowest BCUT2D eigenvalue weighted by molar-refractivity contribution is 1.05. The Bertz CT molecular complexity index is 477. The number of hydrogen-bond acceptors (Lipinski definition) is 2. The lowest BCUT2D eigenvalue weighted by Crippen LogP contribution is -1.86. The average molecular weight is 209 g/mol. The summed E-state index contributed by atoms with van der Waals surface area (Å²) in [5.41, 5.74) is 5.13. The minimum atomic E-state index is 1.21. The first kappa shape index (κ1) is 8.91. The number of rotatable bonds is 1. The third kappa shape index (κ3) is 1.07. The van der Waals surface area contributed by atoms with Gasteiger partial charge < -0.3 is 4.40 Å². The van der Waals surface area contributed by atoms with Gasteiger partial charge in [-0.15, -0.1) is 11.3 Å². The van der Waals surface area contributed by atoms with E-state index in [-0.39, 0.29) is 0 Å². The maximum atomic E-state index is 5.02. The van der Waals surface area contributed by atoms with E-state index < -0.39 is 0 Å². The molecule has 68 valence electrons. The molecule has 2 aromatic heterocycles. The molecule has 0 bridgehead atoms. The highest BCUT2D eigenvalue weighted by Gasteiger charge is 2.12. The molecule has 2 aromatic rings. The van der Waals surface area contributed by atoms with Crippen molar-refractivity contribution in [1.82, 2.24) is 4.40 Å². The molecule has 0 radical (unpaired) electrons. The predicted octanol–water partition coefficient (Wildman–Crippen LogP) is 3.27. The number of nitrogens with zero attached hydrogens (tertiary/aromatic N) is 1. The molecule has 0 fully saturated rings. The van der Waals surface area contributed by atoms with Crippen LogP contribution in [0.1, 0.15) is 22.5 Å². The van der Waals surface area contributed by atoms with Gasteiger partial charge in [-0.3, -0.25) is 0 Å². The Morgan fingerprint density at radius 3 is 2.69 bits per heavy atom. The van der Waals surface area contributed by atoms with Crippen molar-refractivity contribution in [2.75, 3.05) is 0 Å². The van der Waals surface area contributed by atoms with E-state index >= 15 is 0 Å². The normalized spacial score (nSPS) is 11.0. The van der Waals surface area contributed by atoms with Crippen molar-refractivity contribution in [3.8, 4) is 0 Å². The number of fused-ring (bicyclic) bond motifs is 1. The number of aryl methyl sites for hydroxylation is 2. The van der Waals surface area contributed by atoms with Gasteiger partial charge >= 0.3 is 0 Å². The molecule has 0 saturated heterocycles. The molecule has 0 aliphatic carbocycles. The van der Waals surface area contributed by atoms with Crippen molar-refractivity contribution in [1.29, 1.82) is 0 Å². The summed E-state index contributed by atoms with van der Waals surface area (Å²) < 4.78 is 2.28. The topological polar surface area (TPSA) is 4.41 Å². The minimum absolute atomic E-state index is 1.21. The standard InChI is InChI=1S/C10H11NS2/c1-6-5-13-10-9(4-12)7(2)8(3)11(6)10/h4-5H,1-3H3. The Morgan fingerprint density at radius 1 is 1.38 bits per heavy atom. The van der Waals surface area contributed by atoms with Crippen molar-refractivity contribution >= 4 is 33.8 Å². The van der Waals surface area contributed by atoms with Gasteiger partial charge in [0.25, 0.3) is 0 Å². The third-order valence-corrected chi connectivity index (χ3v) is 3.85. The Morgan fingerprint density at radius 2 is 2.08 bits per heavy atom. The molecule has 0 saturated carbocycles. The van der Waals surface area contributed by atoms with Crippen LogP contribution in [0.15, 0.2) is 5.38 Å². The fraction of sp³-hybridized carbons (Fsp3) is 0.300. The molecular formula is C10H11NS2. The zero-order valence-electron chi connectivity index (χ0n) is 7.92. The maximum Gasteiger partial charge on any atom is 0.108 e. The van der Waals surface area contributed by atoms with Gasteiger partial charge in [-0.2, -0.15) is 0 Å². The van der Waals surface area contributed by atoms with Gasteiger partial charge in [0.05, 0.1) is 0 Å². The van der Waals surface area contributed by atoms with E-state index in [9.17, 15) is 0 Å². The fourth-order valence-electron chi connectivity index (χ4n) is 1.67. The molecule has 0 atom stereocenters. The van der Waals surface area contributed by atoms with Crippen LogP contribution in [-0.2, 0) is 0 Å². The molecule has 0 N–H and O–H groups in total. The third-order valence-electron chi connectivity index (χ3n) is 2.53. The van der Waals surface area contributed by atoms with Crippen LogP contribution in [0.25, 0.3) is 4.83 Å². The lowest BCUT2D eigenvalue weighted by atomic mass is 10.2. The van der Waals surface area contributed by atoms with Crippen molar-refractivity contribution in [2.24, 2.45) is 0 Å². The van der Waals surface area contributed by atoms with Crippen molar-refractivity contribution in [2.45, 2.75) is 20.8 Å². The molecule has 0 aliphatic heterocycles. The van der Waals surface area contributed by atoms with Crippen molar-refractivity contribution < 1.29 is 0 Å². The average Bonchev–Trinajstić information content (AvgIpc) is 2.57. The molecule has 2 rings (SSSR count). The summed E-state index contributed by atoms with van der Waals surface area (Å²) in [6.45, 7) is 6.40. The summed E-state index contributed by atoms with van der Waals surface area (Å²) in [7, 11) is 0. The first-order valence-electron chi connectivity index (χ1n) is 4.17. The maximum absolute atomic E-state index is 5.02. The number of thiazole rings is 1. The Hall–Kier alpha value is -0.670. The predicted molar refractivity (Wildman–Crippen MR) is 62.2 cm³/mol. The second-order valence-electron chi connectivity index (χ2n) is 3.26. The van der Waals surface area contributed by atoms with Gasteiger partial charge in [0.1, 0.15) is 4.83 Å². The van der Waals surface area contributed by atoms with Gasteiger partial charge in [0, 0.05) is 27.7 Å². The van der Waals surface area contributed by atoms with Crippen molar-refractivity contribution in [3.05, 3.63) is 27.9 Å². The number of thiocarbonyl (C=S) groups is 1. The smallest absolute Gasteiger partial charge is 0.108 e. The zero-order valence-corrected chi connectivity index (χ0v) is 9.55. The van der Waals surface area contributed by atoms with Gasteiger partial charge in [-0.1, -0.05) is 12.2 Å². The first-order valence-corrected chi connectivity index (χ1v) is 5.52. The molecule has 0 amide bonds. The highest BCUT2D eigenvalue weighted by Crippen LogP contribution is 2.27. The summed E-state index contributed by atoms with van der Waals surface area (Å²) >= 11 is 6.79. The Balaban J connectivity index is 2.99. The number of hydrogen-bond donors (Lipinski definition) is 0. The van der Waals surface area contributed by atoms with E-state index in [0.717, 1.165) is 0 Å². The second-order valence-corrected chi connectivity index (χ2v) is 4.35. The summed E-state index contributed by atoms with van der Waals surface area (Å²) in [4.78, 5) is 1.28. The summed E-state index contributed by atoms with van der Waals surface area (Å²) in [6, 6.07) is 0. The van der Waals surface area contributed by atoms with Crippen LogP contribution in [0.4, 0.5) is 0 Å². The Kier molecular flexibility index (Phi) is 2.00. The van der Waals surface area contributed by atoms with Crippen LogP contribution in [-0.4, -0.2) is 9.77 Å². The molecular weight excluding hydrogens is 198 g/mol. The van der Waals surface area contributed by atoms with Crippen LogP contribution < -0.4 is 0 Å². The van der Waals surface area contributed by atoms with E-state index in [1.807, 2.05) is 0 Å². The van der Waals surface area contributed by atoms with Crippen LogP contribution >= 0.6 is 23.6 Å². The SMILES string of the molecule is Cc1c(C=S)c2scc(C)n2c1C. The van der Waals surface area contributed by atoms with E-state index in [0.29, 0.717) is 0 Å². The highest BCUT2D eigenvalue weighted by molar-refractivity contribution is 7.79. The van der Waals surface area contributed by atoms with Gasteiger partial charge in [-0.25, -0.2) is 0 Å².